The molecule has 0 aliphatic rings. The van der Waals surface area contributed by atoms with Crippen molar-refractivity contribution in [2.24, 2.45) is 0 Å². The van der Waals surface area contributed by atoms with Gasteiger partial charge in [0.1, 0.15) is 6.54 Å². The summed E-state index contributed by atoms with van der Waals surface area (Å²) < 4.78 is 1.88. The van der Waals surface area contributed by atoms with Crippen molar-refractivity contribution in [3.05, 3.63) is 59.9 Å². The molecule has 1 N–H and O–H groups in total. The van der Waals surface area contributed by atoms with Crippen LogP contribution in [0.25, 0.3) is 11.0 Å². The van der Waals surface area contributed by atoms with Gasteiger partial charge in [-0.15, -0.1) is 0 Å². The molecule has 1 heterocycles. The monoisotopic (exact) mass is 307 g/mol. The predicted molar refractivity (Wildman–Crippen MR) is 93.6 cm³/mol. The highest BCUT2D eigenvalue weighted by molar-refractivity contribution is 5.93. The van der Waals surface area contributed by atoms with Crippen molar-refractivity contribution in [2.75, 3.05) is 5.32 Å². The van der Waals surface area contributed by atoms with E-state index in [2.05, 4.69) is 42.3 Å². The van der Waals surface area contributed by atoms with Gasteiger partial charge >= 0.3 is 0 Å². The van der Waals surface area contributed by atoms with Gasteiger partial charge in [0, 0.05) is 5.69 Å². The largest absolute Gasteiger partial charge is 0.324 e. The van der Waals surface area contributed by atoms with Gasteiger partial charge < -0.3 is 9.88 Å². The van der Waals surface area contributed by atoms with Gasteiger partial charge in [0.15, 0.2) is 0 Å². The molecule has 0 saturated heterocycles. The average molecular weight is 307 g/mol. The van der Waals surface area contributed by atoms with Crippen molar-refractivity contribution in [3.63, 3.8) is 0 Å². The Kier molecular flexibility index (Phi) is 4.42. The van der Waals surface area contributed by atoms with E-state index in [4.69, 9.17) is 0 Å². The summed E-state index contributed by atoms with van der Waals surface area (Å²) in [5, 5.41) is 3.10. The Hall–Kier alpha value is -2.62. The maximum absolute atomic E-state index is 12.5. The molecule has 0 spiro atoms. The van der Waals surface area contributed by atoms with Crippen LogP contribution in [-0.4, -0.2) is 15.5 Å². The third-order valence-electron chi connectivity index (χ3n) is 4.10. The first-order chi connectivity index (χ1) is 11.2. The van der Waals surface area contributed by atoms with Crippen molar-refractivity contribution >= 4 is 22.6 Å². The number of aryl methyl sites for hydroxylation is 2. The van der Waals surface area contributed by atoms with Gasteiger partial charge in [0.2, 0.25) is 5.91 Å². The van der Waals surface area contributed by atoms with Crippen molar-refractivity contribution < 1.29 is 4.79 Å². The minimum absolute atomic E-state index is 0.0243. The molecule has 4 heteroatoms. The summed E-state index contributed by atoms with van der Waals surface area (Å²) in [6.07, 6.45) is 3.52. The summed E-state index contributed by atoms with van der Waals surface area (Å²) in [5.41, 5.74) is 5.19. The van der Waals surface area contributed by atoms with Crippen LogP contribution < -0.4 is 5.32 Å². The second kappa shape index (κ2) is 6.65. The number of amides is 1. The Morgan fingerprint density at radius 1 is 1.04 bits per heavy atom. The molecule has 1 aromatic heterocycles. The van der Waals surface area contributed by atoms with E-state index in [0.29, 0.717) is 0 Å². The number of anilines is 1. The second-order valence-electron chi connectivity index (χ2n) is 5.57. The van der Waals surface area contributed by atoms with Crippen molar-refractivity contribution in [1.29, 1.82) is 0 Å². The van der Waals surface area contributed by atoms with E-state index in [1.54, 1.807) is 6.33 Å². The number of fused-ring (bicyclic) bond motifs is 1. The zero-order valence-electron chi connectivity index (χ0n) is 13.5. The number of nitrogens with one attached hydrogen (secondary N) is 1. The molecule has 0 saturated carbocycles. The molecule has 0 atom stereocenters. The Labute approximate surface area is 136 Å². The smallest absolute Gasteiger partial charge is 0.244 e. The number of hydrogen-bond acceptors (Lipinski definition) is 2. The molecule has 118 valence electrons. The predicted octanol–water partition coefficient (Wildman–Crippen LogP) is 3.80. The van der Waals surface area contributed by atoms with E-state index in [-0.39, 0.29) is 12.5 Å². The van der Waals surface area contributed by atoms with Crippen LogP contribution >= 0.6 is 0 Å². The van der Waals surface area contributed by atoms with Crippen LogP contribution in [0, 0.1) is 0 Å². The highest BCUT2D eigenvalue weighted by Crippen LogP contribution is 2.22. The summed E-state index contributed by atoms with van der Waals surface area (Å²) in [6, 6.07) is 14.0. The minimum Gasteiger partial charge on any atom is -0.324 e. The first kappa shape index (κ1) is 15.3. The molecular weight excluding hydrogens is 286 g/mol. The lowest BCUT2D eigenvalue weighted by molar-refractivity contribution is -0.116. The van der Waals surface area contributed by atoms with Crippen LogP contribution in [0.5, 0.6) is 0 Å². The molecule has 23 heavy (non-hydrogen) atoms. The second-order valence-corrected chi connectivity index (χ2v) is 5.57. The number of nitrogens with zero attached hydrogens (tertiary/aromatic N) is 2. The van der Waals surface area contributed by atoms with Gasteiger partial charge in [-0.3, -0.25) is 4.79 Å². The van der Waals surface area contributed by atoms with Crippen LogP contribution in [0.2, 0.25) is 0 Å². The van der Waals surface area contributed by atoms with Crippen LogP contribution in [0.15, 0.2) is 48.8 Å². The van der Waals surface area contributed by atoms with Crippen LogP contribution in [0.1, 0.15) is 25.0 Å². The number of aromatic nitrogens is 2. The first-order valence-corrected chi connectivity index (χ1v) is 8.03. The van der Waals surface area contributed by atoms with Gasteiger partial charge in [-0.1, -0.05) is 44.2 Å². The van der Waals surface area contributed by atoms with Crippen molar-refractivity contribution in [2.45, 2.75) is 33.2 Å². The third-order valence-corrected chi connectivity index (χ3v) is 4.10. The number of hydrogen-bond donors (Lipinski definition) is 1. The molecular formula is C19H21N3O. The summed E-state index contributed by atoms with van der Waals surface area (Å²) >= 11 is 0. The molecule has 0 fully saturated rings. The molecule has 0 aliphatic carbocycles. The zero-order chi connectivity index (χ0) is 16.2. The molecule has 3 rings (SSSR count). The number of imidazole rings is 1. The highest BCUT2D eigenvalue weighted by atomic mass is 16.1. The summed E-state index contributed by atoms with van der Waals surface area (Å²) in [4.78, 5) is 16.8. The van der Waals surface area contributed by atoms with Crippen molar-refractivity contribution in [3.8, 4) is 0 Å². The van der Waals surface area contributed by atoms with E-state index >= 15 is 0 Å². The zero-order valence-corrected chi connectivity index (χ0v) is 13.5. The van der Waals surface area contributed by atoms with Crippen molar-refractivity contribution in [1.82, 2.24) is 9.55 Å². The first-order valence-electron chi connectivity index (χ1n) is 8.03. The molecule has 0 unspecified atom stereocenters. The Morgan fingerprint density at radius 2 is 1.74 bits per heavy atom. The maximum Gasteiger partial charge on any atom is 0.244 e. The number of rotatable bonds is 5. The minimum atomic E-state index is -0.0243. The number of carbonyl (C=O) groups excluding carboxylic acids is 1. The SMILES string of the molecule is CCc1cccc(CC)c1NC(=O)Cn1cnc2ccccc21. The third kappa shape index (κ3) is 3.11. The fourth-order valence-electron chi connectivity index (χ4n) is 2.87. The molecule has 4 nitrogen and oxygen atoms in total. The lowest BCUT2D eigenvalue weighted by Gasteiger charge is -2.14. The van der Waals surface area contributed by atoms with E-state index < -0.39 is 0 Å². The van der Waals surface area contributed by atoms with Gasteiger partial charge in [0.25, 0.3) is 0 Å². The topological polar surface area (TPSA) is 46.9 Å². The molecule has 1 amide bonds. The van der Waals surface area contributed by atoms with Crippen LogP contribution in [-0.2, 0) is 24.2 Å². The van der Waals surface area contributed by atoms with E-state index in [9.17, 15) is 4.79 Å². The van der Waals surface area contributed by atoms with Crippen LogP contribution in [0.3, 0.4) is 0 Å². The van der Waals surface area contributed by atoms with Gasteiger partial charge in [-0.05, 0) is 36.1 Å². The quantitative estimate of drug-likeness (QED) is 0.779. The molecule has 2 aromatic carbocycles. The van der Waals surface area contributed by atoms with Crippen LogP contribution in [0.4, 0.5) is 5.69 Å². The fraction of sp³-hybridized carbons (Fsp3) is 0.263. The lowest BCUT2D eigenvalue weighted by Crippen LogP contribution is -2.20. The normalized spacial score (nSPS) is 10.9. The van der Waals surface area contributed by atoms with Gasteiger partial charge in [-0.2, -0.15) is 0 Å². The highest BCUT2D eigenvalue weighted by Gasteiger charge is 2.11. The lowest BCUT2D eigenvalue weighted by atomic mass is 10.0. The molecule has 3 aromatic rings. The molecule has 0 bridgehead atoms. The number of benzene rings is 2. The van der Waals surface area contributed by atoms with Gasteiger partial charge in [-0.25, -0.2) is 4.98 Å². The summed E-state index contributed by atoms with van der Waals surface area (Å²) in [6.45, 7) is 4.48. The fourth-order valence-corrected chi connectivity index (χ4v) is 2.87. The van der Waals surface area contributed by atoms with E-state index in [1.165, 1.54) is 11.1 Å². The Morgan fingerprint density at radius 3 is 2.43 bits per heavy atom. The van der Waals surface area contributed by atoms with E-state index in [0.717, 1.165) is 29.6 Å². The average Bonchev–Trinajstić information content (AvgIpc) is 2.98. The maximum atomic E-state index is 12.5. The Balaban J connectivity index is 1.83. The summed E-state index contributed by atoms with van der Waals surface area (Å²) in [7, 11) is 0. The van der Waals surface area contributed by atoms with E-state index in [1.807, 2.05) is 28.8 Å². The van der Waals surface area contributed by atoms with Gasteiger partial charge in [0.05, 0.1) is 17.4 Å². The number of para-hydroxylation sites is 3. The standard InChI is InChI=1S/C19H21N3O/c1-3-14-8-7-9-15(4-2)19(14)21-18(23)12-22-13-20-16-10-5-6-11-17(16)22/h5-11,13H,3-4,12H2,1-2H3,(H,21,23). The molecule has 0 aliphatic heterocycles. The molecule has 0 radical (unpaired) electrons. The summed E-state index contributed by atoms with van der Waals surface area (Å²) in [5.74, 6) is -0.0243. The Bertz CT molecular complexity index is 813. The number of carbonyl (C=O) groups is 1.